The van der Waals surface area contributed by atoms with E-state index in [-0.39, 0.29) is 17.5 Å². The first-order valence-corrected chi connectivity index (χ1v) is 7.63. The highest BCUT2D eigenvalue weighted by Gasteiger charge is 2.12. The molecule has 9 heteroatoms. The van der Waals surface area contributed by atoms with E-state index in [1.165, 1.54) is 6.07 Å². The predicted octanol–water partition coefficient (Wildman–Crippen LogP) is 2.64. The topological polar surface area (TPSA) is 96.7 Å². The van der Waals surface area contributed by atoms with Crippen molar-refractivity contribution in [2.24, 2.45) is 0 Å². The van der Waals surface area contributed by atoms with Crippen molar-refractivity contribution in [2.45, 2.75) is 12.1 Å². The molecular weight excluding hydrogens is 321 g/mol. The predicted molar refractivity (Wildman–Crippen MR) is 82.4 cm³/mol. The first-order valence-electron chi connectivity index (χ1n) is 6.65. The van der Waals surface area contributed by atoms with Crippen LogP contribution in [0.25, 0.3) is 11.4 Å². The quantitative estimate of drug-likeness (QED) is 0.697. The molecule has 0 bridgehead atoms. The Balaban J connectivity index is 1.59. The van der Waals surface area contributed by atoms with E-state index in [0.29, 0.717) is 28.1 Å². The second-order valence-corrected chi connectivity index (χ2v) is 5.55. The van der Waals surface area contributed by atoms with E-state index in [2.05, 4.69) is 25.7 Å². The summed E-state index contributed by atoms with van der Waals surface area (Å²) in [7, 11) is 0. The number of benzene rings is 1. The maximum Gasteiger partial charge on any atom is 0.236 e. The van der Waals surface area contributed by atoms with Gasteiger partial charge in [0, 0.05) is 6.07 Å². The minimum absolute atomic E-state index is 0.0977. The molecule has 0 saturated carbocycles. The van der Waals surface area contributed by atoms with E-state index in [0.717, 1.165) is 11.8 Å². The molecule has 0 aliphatic rings. The fourth-order valence-electron chi connectivity index (χ4n) is 1.82. The number of nitrogens with one attached hydrogen (secondary N) is 2. The molecular formula is C14H12FN5O2S. The van der Waals surface area contributed by atoms with Crippen LogP contribution in [-0.4, -0.2) is 32.0 Å². The Hall–Kier alpha value is -2.68. The zero-order chi connectivity index (χ0) is 16.2. The molecule has 0 unspecified atom stereocenters. The summed E-state index contributed by atoms with van der Waals surface area (Å²) in [6.45, 7) is 1.73. The first-order chi connectivity index (χ1) is 11.1. The third kappa shape index (κ3) is 3.75. The summed E-state index contributed by atoms with van der Waals surface area (Å²) >= 11 is 1.13. The van der Waals surface area contributed by atoms with Crippen LogP contribution in [0.5, 0.6) is 0 Å². The third-order valence-electron chi connectivity index (χ3n) is 2.82. The maximum absolute atomic E-state index is 13.7. The Bertz CT molecular complexity index is 832. The van der Waals surface area contributed by atoms with Crippen molar-refractivity contribution in [1.82, 2.24) is 20.3 Å². The van der Waals surface area contributed by atoms with Gasteiger partial charge >= 0.3 is 0 Å². The van der Waals surface area contributed by atoms with Gasteiger partial charge in [0.1, 0.15) is 11.6 Å². The lowest BCUT2D eigenvalue weighted by Gasteiger charge is -1.98. The fourth-order valence-corrected chi connectivity index (χ4v) is 2.42. The van der Waals surface area contributed by atoms with E-state index in [1.54, 1.807) is 31.2 Å². The Labute approximate surface area is 134 Å². The molecule has 1 aromatic carbocycles. The molecule has 0 saturated heterocycles. The van der Waals surface area contributed by atoms with Crippen LogP contribution in [0, 0.1) is 12.7 Å². The van der Waals surface area contributed by atoms with Crippen molar-refractivity contribution in [2.75, 3.05) is 11.1 Å². The third-order valence-corrected chi connectivity index (χ3v) is 3.67. The van der Waals surface area contributed by atoms with Gasteiger partial charge in [-0.2, -0.15) is 0 Å². The van der Waals surface area contributed by atoms with E-state index >= 15 is 0 Å². The highest BCUT2D eigenvalue weighted by molar-refractivity contribution is 7.99. The SMILES string of the molecule is Cc1cc(NC(=O)CSc2n[nH]c(-c3ccccc3F)n2)no1. The van der Waals surface area contributed by atoms with E-state index in [9.17, 15) is 9.18 Å². The number of aryl methyl sites for hydroxylation is 1. The average Bonchev–Trinajstić information content (AvgIpc) is 3.15. The van der Waals surface area contributed by atoms with Crippen molar-refractivity contribution in [3.8, 4) is 11.4 Å². The van der Waals surface area contributed by atoms with Crippen LogP contribution in [-0.2, 0) is 4.79 Å². The van der Waals surface area contributed by atoms with Crippen molar-refractivity contribution < 1.29 is 13.7 Å². The number of rotatable bonds is 5. The van der Waals surface area contributed by atoms with Gasteiger partial charge in [-0.05, 0) is 19.1 Å². The summed E-state index contributed by atoms with van der Waals surface area (Å²) in [4.78, 5) is 16.0. The summed E-state index contributed by atoms with van der Waals surface area (Å²) in [5.74, 6) is 0.727. The number of carbonyl (C=O) groups excluding carboxylic acids is 1. The van der Waals surface area contributed by atoms with Crippen LogP contribution in [0.3, 0.4) is 0 Å². The van der Waals surface area contributed by atoms with Crippen LogP contribution >= 0.6 is 11.8 Å². The zero-order valence-corrected chi connectivity index (χ0v) is 12.9. The van der Waals surface area contributed by atoms with Gasteiger partial charge < -0.3 is 9.84 Å². The molecule has 23 heavy (non-hydrogen) atoms. The number of aromatic nitrogens is 4. The van der Waals surface area contributed by atoms with Gasteiger partial charge in [0.15, 0.2) is 11.6 Å². The summed E-state index contributed by atoms with van der Waals surface area (Å²) < 4.78 is 18.5. The molecule has 0 aliphatic carbocycles. The van der Waals surface area contributed by atoms with Crippen LogP contribution in [0.2, 0.25) is 0 Å². The molecule has 2 aromatic heterocycles. The van der Waals surface area contributed by atoms with Crippen LogP contribution in [0.1, 0.15) is 5.76 Å². The number of anilines is 1. The molecule has 1 amide bonds. The second kappa shape index (κ2) is 6.61. The molecule has 2 N–H and O–H groups in total. The first kappa shape index (κ1) is 15.2. The molecule has 0 radical (unpaired) electrons. The lowest BCUT2D eigenvalue weighted by atomic mass is 10.2. The van der Waals surface area contributed by atoms with Gasteiger partial charge in [-0.25, -0.2) is 9.37 Å². The van der Waals surface area contributed by atoms with E-state index in [4.69, 9.17) is 4.52 Å². The molecule has 3 aromatic rings. The monoisotopic (exact) mass is 333 g/mol. The van der Waals surface area contributed by atoms with Gasteiger partial charge in [-0.3, -0.25) is 9.89 Å². The summed E-state index contributed by atoms with van der Waals surface area (Å²) in [5, 5.41) is 13.2. The molecule has 3 rings (SSSR count). The van der Waals surface area contributed by atoms with Gasteiger partial charge in [-0.1, -0.05) is 29.1 Å². The Morgan fingerprint density at radius 1 is 1.43 bits per heavy atom. The lowest BCUT2D eigenvalue weighted by Crippen LogP contribution is -2.14. The number of hydrogen-bond acceptors (Lipinski definition) is 6. The lowest BCUT2D eigenvalue weighted by molar-refractivity contribution is -0.113. The normalized spacial score (nSPS) is 10.7. The van der Waals surface area contributed by atoms with Crippen LogP contribution in [0.15, 0.2) is 40.0 Å². The molecule has 7 nitrogen and oxygen atoms in total. The van der Waals surface area contributed by atoms with Gasteiger partial charge in [0.05, 0.1) is 11.3 Å². The van der Waals surface area contributed by atoms with E-state index in [1.807, 2.05) is 0 Å². The minimum Gasteiger partial charge on any atom is -0.360 e. The Morgan fingerprint density at radius 2 is 2.26 bits per heavy atom. The van der Waals surface area contributed by atoms with Gasteiger partial charge in [0.25, 0.3) is 0 Å². The largest absolute Gasteiger partial charge is 0.360 e. The van der Waals surface area contributed by atoms with E-state index < -0.39 is 0 Å². The fraction of sp³-hybridized carbons (Fsp3) is 0.143. The highest BCUT2D eigenvalue weighted by atomic mass is 32.2. The molecule has 0 fully saturated rings. The Kier molecular flexibility index (Phi) is 4.38. The van der Waals surface area contributed by atoms with Crippen LogP contribution < -0.4 is 5.32 Å². The number of H-pyrrole nitrogens is 1. The number of hydrogen-bond donors (Lipinski definition) is 2. The van der Waals surface area contributed by atoms with Crippen molar-refractivity contribution in [3.05, 3.63) is 41.9 Å². The highest BCUT2D eigenvalue weighted by Crippen LogP contribution is 2.21. The molecule has 0 atom stereocenters. The number of thioether (sulfide) groups is 1. The standard InChI is InChI=1S/C14H12FN5O2S/c1-8-6-11(20-22-8)16-12(21)7-23-14-17-13(18-19-14)9-4-2-3-5-10(9)15/h2-6H,7H2,1H3,(H,16,20,21)(H,17,18,19). The average molecular weight is 333 g/mol. The molecule has 118 valence electrons. The maximum atomic E-state index is 13.7. The number of nitrogens with zero attached hydrogens (tertiary/aromatic N) is 3. The van der Waals surface area contributed by atoms with Gasteiger partial charge in [0.2, 0.25) is 11.1 Å². The summed E-state index contributed by atoms with van der Waals surface area (Å²) in [6, 6.07) is 7.87. The molecule has 2 heterocycles. The minimum atomic E-state index is -0.389. The smallest absolute Gasteiger partial charge is 0.236 e. The number of aromatic amines is 1. The molecule has 0 spiro atoms. The Morgan fingerprint density at radius 3 is 3.00 bits per heavy atom. The van der Waals surface area contributed by atoms with Crippen LogP contribution in [0.4, 0.5) is 10.2 Å². The van der Waals surface area contributed by atoms with Crippen molar-refractivity contribution >= 4 is 23.5 Å². The zero-order valence-electron chi connectivity index (χ0n) is 12.0. The number of carbonyl (C=O) groups is 1. The summed E-state index contributed by atoms with van der Waals surface area (Å²) in [6.07, 6.45) is 0. The number of halogens is 1. The number of amides is 1. The second-order valence-electron chi connectivity index (χ2n) is 4.61. The molecule has 0 aliphatic heterocycles. The summed E-state index contributed by atoms with van der Waals surface area (Å²) in [5.41, 5.74) is 0.328. The van der Waals surface area contributed by atoms with Gasteiger partial charge in [-0.15, -0.1) is 5.10 Å². The van der Waals surface area contributed by atoms with Crippen molar-refractivity contribution in [3.63, 3.8) is 0 Å². The van der Waals surface area contributed by atoms with Crippen molar-refractivity contribution in [1.29, 1.82) is 0 Å².